The normalized spacial score (nSPS) is 11.5. The smallest absolute Gasteiger partial charge is 0.269 e. The lowest BCUT2D eigenvalue weighted by atomic mass is 10.1. The van der Waals surface area contributed by atoms with Crippen molar-refractivity contribution in [2.24, 2.45) is 5.92 Å². The van der Waals surface area contributed by atoms with E-state index in [1.165, 1.54) is 18.9 Å². The summed E-state index contributed by atoms with van der Waals surface area (Å²) in [6.07, 6.45) is 0.904. The van der Waals surface area contributed by atoms with Gasteiger partial charge in [0.05, 0.1) is 24.7 Å². The van der Waals surface area contributed by atoms with E-state index in [-0.39, 0.29) is 11.7 Å². The lowest BCUT2D eigenvalue weighted by molar-refractivity contribution is -0.121. The van der Waals surface area contributed by atoms with Gasteiger partial charge in [0.15, 0.2) is 11.5 Å². The molecule has 0 aliphatic heterocycles. The van der Waals surface area contributed by atoms with Gasteiger partial charge >= 0.3 is 0 Å². The molecule has 0 bridgehead atoms. The molecule has 8 nitrogen and oxygen atoms in total. The maximum atomic E-state index is 12.5. The molecule has 34 heavy (non-hydrogen) atoms. The summed E-state index contributed by atoms with van der Waals surface area (Å²) in [4.78, 5) is 36.9. The Bertz CT molecular complexity index is 979. The van der Waals surface area contributed by atoms with Crippen molar-refractivity contribution in [2.45, 2.75) is 39.4 Å². The highest BCUT2D eigenvalue weighted by Gasteiger charge is 2.17. The van der Waals surface area contributed by atoms with Gasteiger partial charge in [-0.1, -0.05) is 31.5 Å². The van der Waals surface area contributed by atoms with Crippen LogP contribution in [-0.2, 0) is 9.59 Å². The standard InChI is InChI=1S/C25H33N3O5S/c1-16(2)12-13-33-21-11-8-19(14-22(21)32-5)25(31)28-27-24(30)18(4)34-15-23(29)26-20-9-6-17(3)7-10-20/h6-11,14,16,18H,12-13,15H2,1-5H3,(H,26,29)(H,27,30)(H,28,31). The third-order valence-electron chi connectivity index (χ3n) is 4.85. The third kappa shape index (κ3) is 8.97. The van der Waals surface area contributed by atoms with E-state index in [0.717, 1.165) is 12.0 Å². The summed E-state index contributed by atoms with van der Waals surface area (Å²) in [6, 6.07) is 12.3. The zero-order valence-electron chi connectivity index (χ0n) is 20.3. The van der Waals surface area contributed by atoms with Crippen molar-refractivity contribution in [3.8, 4) is 11.5 Å². The Hall–Kier alpha value is -3.20. The Balaban J connectivity index is 1.80. The van der Waals surface area contributed by atoms with Crippen LogP contribution in [0.2, 0.25) is 0 Å². The predicted molar refractivity (Wildman–Crippen MR) is 135 cm³/mol. The number of anilines is 1. The molecule has 0 fully saturated rings. The number of hydrazine groups is 1. The van der Waals surface area contributed by atoms with E-state index in [1.807, 2.05) is 31.2 Å². The Morgan fingerprint density at radius 1 is 0.971 bits per heavy atom. The number of rotatable bonds is 11. The fourth-order valence-electron chi connectivity index (χ4n) is 2.74. The van der Waals surface area contributed by atoms with Crippen molar-refractivity contribution in [3.63, 3.8) is 0 Å². The number of hydrogen-bond acceptors (Lipinski definition) is 6. The number of methoxy groups -OCH3 is 1. The molecule has 0 heterocycles. The van der Waals surface area contributed by atoms with Gasteiger partial charge in [0.1, 0.15) is 0 Å². The fourth-order valence-corrected chi connectivity index (χ4v) is 3.42. The zero-order chi connectivity index (χ0) is 25.1. The Morgan fingerprint density at radius 3 is 2.32 bits per heavy atom. The second-order valence-electron chi connectivity index (χ2n) is 8.21. The number of ether oxygens (including phenoxy) is 2. The number of nitrogens with one attached hydrogen (secondary N) is 3. The second kappa shape index (κ2) is 13.5. The van der Waals surface area contributed by atoms with Gasteiger partial charge in [-0.05, 0) is 56.5 Å². The molecule has 0 aliphatic rings. The molecular weight excluding hydrogens is 454 g/mol. The molecule has 1 unspecified atom stereocenters. The van der Waals surface area contributed by atoms with Gasteiger partial charge in [0.2, 0.25) is 5.91 Å². The summed E-state index contributed by atoms with van der Waals surface area (Å²) < 4.78 is 11.1. The molecule has 0 aromatic heterocycles. The van der Waals surface area contributed by atoms with Gasteiger partial charge in [0.25, 0.3) is 11.8 Å². The maximum absolute atomic E-state index is 12.5. The summed E-state index contributed by atoms with van der Waals surface area (Å²) in [6.45, 7) is 8.41. The average molecular weight is 488 g/mol. The molecule has 0 spiro atoms. The minimum atomic E-state index is -0.546. The van der Waals surface area contributed by atoms with Gasteiger partial charge in [-0.2, -0.15) is 0 Å². The summed E-state index contributed by atoms with van der Waals surface area (Å²) in [5.74, 6) is 0.495. The van der Waals surface area contributed by atoms with E-state index >= 15 is 0 Å². The van der Waals surface area contributed by atoms with Crippen LogP contribution in [0.5, 0.6) is 11.5 Å². The summed E-state index contributed by atoms with van der Waals surface area (Å²) in [5.41, 5.74) is 6.90. The SMILES string of the molecule is COc1cc(C(=O)NNC(=O)C(C)SCC(=O)Nc2ccc(C)cc2)ccc1OCCC(C)C. The van der Waals surface area contributed by atoms with Crippen molar-refractivity contribution in [2.75, 3.05) is 24.8 Å². The predicted octanol–water partition coefficient (Wildman–Crippen LogP) is 3.95. The topological polar surface area (TPSA) is 106 Å². The van der Waals surface area contributed by atoms with Crippen molar-refractivity contribution < 1.29 is 23.9 Å². The molecule has 2 aromatic rings. The number of benzene rings is 2. The number of carbonyl (C=O) groups excluding carboxylic acids is 3. The van der Waals surface area contributed by atoms with Crippen LogP contribution < -0.4 is 25.6 Å². The number of amides is 3. The zero-order valence-corrected chi connectivity index (χ0v) is 21.1. The van der Waals surface area contributed by atoms with Crippen LogP contribution in [0.15, 0.2) is 42.5 Å². The van der Waals surface area contributed by atoms with E-state index in [1.54, 1.807) is 25.1 Å². The molecular formula is C25H33N3O5S. The third-order valence-corrected chi connectivity index (χ3v) is 5.99. The largest absolute Gasteiger partial charge is 0.493 e. The molecule has 2 rings (SSSR count). The van der Waals surface area contributed by atoms with E-state index in [0.29, 0.717) is 35.3 Å². The molecule has 3 amide bonds. The molecule has 184 valence electrons. The van der Waals surface area contributed by atoms with Crippen LogP contribution in [0.1, 0.15) is 43.1 Å². The number of carbonyl (C=O) groups is 3. The minimum absolute atomic E-state index is 0.103. The first-order valence-corrected chi connectivity index (χ1v) is 12.1. The molecule has 0 radical (unpaired) electrons. The molecule has 0 saturated heterocycles. The lowest BCUT2D eigenvalue weighted by Crippen LogP contribution is -2.45. The van der Waals surface area contributed by atoms with Crippen molar-refractivity contribution in [1.29, 1.82) is 0 Å². The van der Waals surface area contributed by atoms with Crippen LogP contribution in [0.25, 0.3) is 0 Å². The van der Waals surface area contributed by atoms with E-state index in [2.05, 4.69) is 30.0 Å². The van der Waals surface area contributed by atoms with Crippen molar-refractivity contribution >= 4 is 35.2 Å². The minimum Gasteiger partial charge on any atom is -0.493 e. The second-order valence-corrected chi connectivity index (χ2v) is 9.54. The van der Waals surface area contributed by atoms with Crippen LogP contribution in [0, 0.1) is 12.8 Å². The summed E-state index contributed by atoms with van der Waals surface area (Å²) in [5, 5.41) is 2.24. The summed E-state index contributed by atoms with van der Waals surface area (Å²) >= 11 is 1.17. The number of aryl methyl sites for hydroxylation is 1. The van der Waals surface area contributed by atoms with Crippen LogP contribution in [0.4, 0.5) is 5.69 Å². The quantitative estimate of drug-likeness (QED) is 0.415. The highest BCUT2D eigenvalue weighted by Crippen LogP contribution is 2.28. The van der Waals surface area contributed by atoms with Crippen LogP contribution >= 0.6 is 11.8 Å². The molecule has 0 aliphatic carbocycles. The molecule has 0 saturated carbocycles. The average Bonchev–Trinajstić information content (AvgIpc) is 2.82. The van der Waals surface area contributed by atoms with Gasteiger partial charge in [-0.25, -0.2) is 0 Å². The number of hydrogen-bond donors (Lipinski definition) is 3. The monoisotopic (exact) mass is 487 g/mol. The Kier molecular flexibility index (Phi) is 10.7. The first-order chi connectivity index (χ1) is 16.2. The van der Waals surface area contributed by atoms with Crippen molar-refractivity contribution in [3.05, 3.63) is 53.6 Å². The van der Waals surface area contributed by atoms with Crippen molar-refractivity contribution in [1.82, 2.24) is 10.9 Å². The van der Waals surface area contributed by atoms with Gasteiger partial charge in [-0.15, -0.1) is 11.8 Å². The van der Waals surface area contributed by atoms with E-state index in [4.69, 9.17) is 9.47 Å². The molecule has 9 heteroatoms. The van der Waals surface area contributed by atoms with E-state index in [9.17, 15) is 14.4 Å². The van der Waals surface area contributed by atoms with E-state index < -0.39 is 17.1 Å². The Morgan fingerprint density at radius 2 is 1.68 bits per heavy atom. The first-order valence-electron chi connectivity index (χ1n) is 11.1. The molecule has 3 N–H and O–H groups in total. The highest BCUT2D eigenvalue weighted by atomic mass is 32.2. The summed E-state index contributed by atoms with van der Waals surface area (Å²) in [7, 11) is 1.50. The Labute approximate surface area is 205 Å². The molecule has 1 atom stereocenters. The fraction of sp³-hybridized carbons (Fsp3) is 0.400. The highest BCUT2D eigenvalue weighted by molar-refractivity contribution is 8.01. The van der Waals surface area contributed by atoms with Crippen LogP contribution in [-0.4, -0.2) is 42.4 Å². The van der Waals surface area contributed by atoms with Gasteiger partial charge in [-0.3, -0.25) is 25.2 Å². The molecule has 2 aromatic carbocycles. The lowest BCUT2D eigenvalue weighted by Gasteiger charge is -2.14. The maximum Gasteiger partial charge on any atom is 0.269 e. The van der Waals surface area contributed by atoms with Gasteiger partial charge in [0, 0.05) is 11.3 Å². The first kappa shape index (κ1) is 27.0. The van der Waals surface area contributed by atoms with Crippen LogP contribution in [0.3, 0.4) is 0 Å². The van der Waals surface area contributed by atoms with Gasteiger partial charge < -0.3 is 14.8 Å². The number of thioether (sulfide) groups is 1.